The molecule has 5 unspecified atom stereocenters. The van der Waals surface area contributed by atoms with Crippen LogP contribution in [0.2, 0.25) is 0 Å². The lowest BCUT2D eigenvalue weighted by Gasteiger charge is -2.52. The topological polar surface area (TPSA) is 77.4 Å². The third-order valence-electron chi connectivity index (χ3n) is 4.61. The van der Waals surface area contributed by atoms with Crippen molar-refractivity contribution in [2.45, 2.75) is 56.4 Å². The second kappa shape index (κ2) is 4.83. The summed E-state index contributed by atoms with van der Waals surface area (Å²) >= 11 is 0. The molecule has 2 heterocycles. The van der Waals surface area contributed by atoms with Gasteiger partial charge in [0.1, 0.15) is 12.2 Å². The molecule has 4 rings (SSSR count). The molecule has 3 aliphatic rings. The van der Waals surface area contributed by atoms with Crippen LogP contribution in [0.3, 0.4) is 0 Å². The van der Waals surface area contributed by atoms with Crippen LogP contribution < -0.4 is 9.47 Å². The Hall–Kier alpha value is -1.34. The molecular weight excluding hydrogens is 288 g/mol. The summed E-state index contributed by atoms with van der Waals surface area (Å²) in [6.07, 6.45) is -2.14. The third-order valence-corrected chi connectivity index (χ3v) is 4.61. The summed E-state index contributed by atoms with van der Waals surface area (Å²) in [6.45, 7) is 3.82. The number of rotatable bonds is 1. The van der Waals surface area contributed by atoms with Gasteiger partial charge >= 0.3 is 0 Å². The molecule has 22 heavy (non-hydrogen) atoms. The molecular formula is C16H20O6. The van der Waals surface area contributed by atoms with Gasteiger partial charge < -0.3 is 29.2 Å². The first-order valence-electron chi connectivity index (χ1n) is 7.56. The lowest BCUT2D eigenvalue weighted by Crippen LogP contribution is -2.63. The highest BCUT2D eigenvalue weighted by Gasteiger charge is 2.53. The fourth-order valence-electron chi connectivity index (χ4n) is 3.63. The van der Waals surface area contributed by atoms with Gasteiger partial charge in [0.25, 0.3) is 0 Å². The highest BCUT2D eigenvalue weighted by molar-refractivity contribution is 5.46. The molecule has 1 aromatic carbocycles. The molecule has 0 aromatic heterocycles. The minimum atomic E-state index is -0.854. The van der Waals surface area contributed by atoms with E-state index >= 15 is 0 Å². The number of hydrogen-bond acceptors (Lipinski definition) is 6. The van der Waals surface area contributed by atoms with Crippen molar-refractivity contribution in [1.29, 1.82) is 0 Å². The van der Waals surface area contributed by atoms with Crippen molar-refractivity contribution >= 4 is 0 Å². The van der Waals surface area contributed by atoms with Crippen LogP contribution >= 0.6 is 0 Å². The van der Waals surface area contributed by atoms with Crippen molar-refractivity contribution in [1.82, 2.24) is 0 Å². The van der Waals surface area contributed by atoms with Gasteiger partial charge in [-0.3, -0.25) is 0 Å². The maximum Gasteiger partial charge on any atom is 0.231 e. The molecule has 6 heteroatoms. The van der Waals surface area contributed by atoms with E-state index in [1.54, 1.807) is 13.8 Å². The summed E-state index contributed by atoms with van der Waals surface area (Å²) in [6, 6.07) is 5.69. The van der Waals surface area contributed by atoms with Crippen molar-refractivity contribution in [3.63, 3.8) is 0 Å². The van der Waals surface area contributed by atoms with Gasteiger partial charge in [0.05, 0.1) is 12.2 Å². The molecule has 120 valence electrons. The van der Waals surface area contributed by atoms with Gasteiger partial charge in [-0.15, -0.1) is 0 Å². The molecule has 0 radical (unpaired) electrons. The summed E-state index contributed by atoms with van der Waals surface area (Å²) in [5, 5.41) is 20.8. The Morgan fingerprint density at radius 1 is 1.05 bits per heavy atom. The molecule has 1 saturated heterocycles. The first-order chi connectivity index (χ1) is 10.4. The summed E-state index contributed by atoms with van der Waals surface area (Å²) in [5.74, 6) is 0.450. The summed E-state index contributed by atoms with van der Waals surface area (Å²) in [4.78, 5) is 0. The average molecular weight is 308 g/mol. The van der Waals surface area contributed by atoms with Gasteiger partial charge in [-0.1, -0.05) is 6.07 Å². The molecule has 2 aliphatic heterocycles. The van der Waals surface area contributed by atoms with E-state index in [0.717, 1.165) is 5.56 Å². The zero-order valence-electron chi connectivity index (χ0n) is 12.6. The quantitative estimate of drug-likeness (QED) is 0.810. The SMILES string of the molecule is CC1(C)OC2C(O)CC(c3ccc4c(c3)OCO4)C(O1)C2O. The standard InChI is InChI=1S/C16H20O6/c1-16(2)21-14-9(6-10(17)15(22-16)13(14)18)8-3-4-11-12(5-8)20-7-19-11/h3-5,9-10,13-15,17-18H,6-7H2,1-2H3. The molecule has 2 bridgehead atoms. The number of aliphatic hydroxyl groups excluding tert-OH is 2. The van der Waals surface area contributed by atoms with Gasteiger partial charge in [-0.25, -0.2) is 0 Å². The second-order valence-electron chi connectivity index (χ2n) is 6.58. The molecule has 2 N–H and O–H groups in total. The van der Waals surface area contributed by atoms with E-state index in [0.29, 0.717) is 17.9 Å². The zero-order chi connectivity index (χ0) is 15.5. The number of ether oxygens (including phenoxy) is 4. The molecule has 1 aliphatic carbocycles. The highest BCUT2D eigenvalue weighted by atomic mass is 16.7. The molecule has 1 aromatic rings. The minimum absolute atomic E-state index is 0.126. The lowest BCUT2D eigenvalue weighted by atomic mass is 9.76. The number of aliphatic hydroxyl groups is 2. The van der Waals surface area contributed by atoms with Crippen LogP contribution in [0.1, 0.15) is 31.7 Å². The highest BCUT2D eigenvalue weighted by Crippen LogP contribution is 2.45. The molecule has 5 atom stereocenters. The first-order valence-corrected chi connectivity index (χ1v) is 7.56. The van der Waals surface area contributed by atoms with E-state index in [2.05, 4.69) is 0 Å². The van der Waals surface area contributed by atoms with Gasteiger partial charge in [0.15, 0.2) is 17.3 Å². The van der Waals surface area contributed by atoms with Crippen LogP contribution in [0, 0.1) is 0 Å². The Morgan fingerprint density at radius 2 is 1.77 bits per heavy atom. The van der Waals surface area contributed by atoms with E-state index in [-0.39, 0.29) is 12.7 Å². The van der Waals surface area contributed by atoms with Crippen molar-refractivity contribution in [2.24, 2.45) is 0 Å². The van der Waals surface area contributed by atoms with Gasteiger partial charge in [0, 0.05) is 5.92 Å². The van der Waals surface area contributed by atoms with Crippen molar-refractivity contribution in [3.05, 3.63) is 23.8 Å². The monoisotopic (exact) mass is 308 g/mol. The maximum atomic E-state index is 10.5. The summed E-state index contributed by atoms with van der Waals surface area (Å²) in [5.41, 5.74) is 0.962. The Morgan fingerprint density at radius 3 is 2.59 bits per heavy atom. The summed E-state index contributed by atoms with van der Waals surface area (Å²) < 4.78 is 22.3. The smallest absolute Gasteiger partial charge is 0.231 e. The molecule has 0 amide bonds. The van der Waals surface area contributed by atoms with Crippen LogP contribution in [-0.2, 0) is 9.47 Å². The van der Waals surface area contributed by atoms with Crippen molar-refractivity contribution in [2.75, 3.05) is 6.79 Å². The van der Waals surface area contributed by atoms with Gasteiger partial charge in [-0.2, -0.15) is 0 Å². The maximum absolute atomic E-state index is 10.5. The number of fused-ring (bicyclic) bond motifs is 3. The molecule has 2 fully saturated rings. The Kier molecular flexibility index (Phi) is 3.13. The first kappa shape index (κ1) is 14.3. The molecule has 1 saturated carbocycles. The van der Waals surface area contributed by atoms with Crippen LogP contribution in [-0.4, -0.2) is 47.2 Å². The largest absolute Gasteiger partial charge is 0.454 e. The second-order valence-corrected chi connectivity index (χ2v) is 6.58. The summed E-state index contributed by atoms with van der Waals surface area (Å²) in [7, 11) is 0. The van der Waals surface area contributed by atoms with Crippen molar-refractivity contribution in [3.8, 4) is 11.5 Å². The van der Waals surface area contributed by atoms with Crippen LogP contribution in [0.5, 0.6) is 11.5 Å². The number of benzene rings is 1. The normalized spacial score (nSPS) is 38.8. The number of hydrogen-bond donors (Lipinski definition) is 2. The van der Waals surface area contributed by atoms with E-state index in [4.69, 9.17) is 18.9 Å². The van der Waals surface area contributed by atoms with E-state index in [9.17, 15) is 10.2 Å². The third kappa shape index (κ3) is 2.18. The Bertz CT molecular complexity index is 586. The lowest BCUT2D eigenvalue weighted by molar-refractivity contribution is -0.362. The fourth-order valence-corrected chi connectivity index (χ4v) is 3.63. The van der Waals surface area contributed by atoms with E-state index in [1.165, 1.54) is 0 Å². The van der Waals surface area contributed by atoms with Crippen LogP contribution in [0.4, 0.5) is 0 Å². The Balaban J connectivity index is 1.69. The fraction of sp³-hybridized carbons (Fsp3) is 0.625. The predicted molar refractivity (Wildman–Crippen MR) is 75.8 cm³/mol. The van der Waals surface area contributed by atoms with Crippen molar-refractivity contribution < 1.29 is 29.2 Å². The van der Waals surface area contributed by atoms with Crippen LogP contribution in [0.15, 0.2) is 18.2 Å². The average Bonchev–Trinajstić information content (AvgIpc) is 2.92. The van der Waals surface area contributed by atoms with E-state index < -0.39 is 30.2 Å². The Labute approximate surface area is 128 Å². The zero-order valence-corrected chi connectivity index (χ0v) is 12.6. The predicted octanol–water partition coefficient (Wildman–Crippen LogP) is 1.14. The molecule has 0 spiro atoms. The minimum Gasteiger partial charge on any atom is -0.454 e. The van der Waals surface area contributed by atoms with Crippen LogP contribution in [0.25, 0.3) is 0 Å². The van der Waals surface area contributed by atoms with Gasteiger partial charge in [0.2, 0.25) is 6.79 Å². The van der Waals surface area contributed by atoms with Gasteiger partial charge in [-0.05, 0) is 38.0 Å². The molecule has 6 nitrogen and oxygen atoms in total. The van der Waals surface area contributed by atoms with E-state index in [1.807, 2.05) is 18.2 Å².